The molecule has 0 bridgehead atoms. The fourth-order valence-corrected chi connectivity index (χ4v) is 11.3. The quantitative estimate of drug-likeness (QED) is 0.0954. The Balaban J connectivity index is 0.000000179. The van der Waals surface area contributed by atoms with Gasteiger partial charge in [-0.05, 0) is 70.6 Å². The first-order chi connectivity index (χ1) is 33.5. The van der Waals surface area contributed by atoms with Gasteiger partial charge in [-0.1, -0.05) is 85.0 Å². The van der Waals surface area contributed by atoms with E-state index in [1.165, 1.54) is 50.7 Å². The standard InChI is InChI=1S/C30H42O6.C18H22O4.C8H17NO2.H2/c1-3-5-9-15-21(31)23-25-27(35-29(33-25)17-11-7-12-18-29)24(22(32)16-10-6-4-2)28-26(23)34-30(36-28)19-13-8-14-20-30;1-3-7-17(8-4-1)19-13-11-15-16(12-14(13)20-17)22-18(21-15)9-5-2-6-10-18;1-4-5-6-7-8(10)9(2)11-3;/h3-20H2,1-2H3;11-12H,1-10H2;4-7H2,1-3H3;1H/i;;;1+1. The number of carbonyl (C=O) groups excluding carboxylic acids is 3. The Labute approximate surface area is 412 Å². The van der Waals surface area contributed by atoms with Crippen LogP contribution in [-0.2, 0) is 9.63 Å². The monoisotopic (exact) mass is 963 g/mol. The van der Waals surface area contributed by atoms with Gasteiger partial charge < -0.3 is 37.9 Å². The van der Waals surface area contributed by atoms with Crippen LogP contribution >= 0.6 is 0 Å². The molecule has 13 nitrogen and oxygen atoms in total. The van der Waals surface area contributed by atoms with Gasteiger partial charge in [-0.2, -0.15) is 0 Å². The summed E-state index contributed by atoms with van der Waals surface area (Å²) in [6.07, 6.45) is 30.8. The summed E-state index contributed by atoms with van der Waals surface area (Å²) in [5.74, 6) is 2.55. The van der Waals surface area contributed by atoms with Gasteiger partial charge in [0.15, 0.2) is 57.6 Å². The Morgan fingerprint density at radius 1 is 0.449 bits per heavy atom. The third-order valence-electron chi connectivity index (χ3n) is 15.3. The molecule has 4 saturated carbocycles. The first-order valence-electron chi connectivity index (χ1n) is 27.3. The molecule has 4 aliphatic carbocycles. The molecular formula is C56H83NO12. The van der Waals surface area contributed by atoms with Crippen molar-refractivity contribution < 1.29 is 58.5 Å². The number of amides is 1. The van der Waals surface area contributed by atoms with Gasteiger partial charge in [0.2, 0.25) is 5.91 Å². The van der Waals surface area contributed by atoms with Crippen molar-refractivity contribution in [3.8, 4) is 46.0 Å². The van der Waals surface area contributed by atoms with Crippen LogP contribution in [0.25, 0.3) is 0 Å². The largest absolute Gasteiger partial charge is 0.448 e. The minimum atomic E-state index is -0.797. The zero-order valence-corrected chi connectivity index (χ0v) is 42.6. The van der Waals surface area contributed by atoms with Gasteiger partial charge in [-0.25, -0.2) is 5.06 Å². The molecule has 0 atom stereocenters. The van der Waals surface area contributed by atoms with Crippen molar-refractivity contribution in [3.05, 3.63) is 23.3 Å². The van der Waals surface area contributed by atoms with Gasteiger partial charge in [0.1, 0.15) is 11.1 Å². The lowest BCUT2D eigenvalue weighted by molar-refractivity contribution is -0.168. The predicted octanol–water partition coefficient (Wildman–Crippen LogP) is 14.5. The number of unbranched alkanes of at least 4 members (excludes halogenated alkanes) is 6. The smallest absolute Gasteiger partial charge is 0.251 e. The highest BCUT2D eigenvalue weighted by atomic mass is 16.8. The third kappa shape index (κ3) is 11.5. The first kappa shape index (κ1) is 51.0. The normalized spacial score (nSPS) is 20.8. The summed E-state index contributed by atoms with van der Waals surface area (Å²) in [7, 11) is 3.13. The van der Waals surface area contributed by atoms with Crippen LogP contribution in [0.5, 0.6) is 46.0 Å². The van der Waals surface area contributed by atoms with E-state index < -0.39 is 23.1 Å². The van der Waals surface area contributed by atoms with Crippen molar-refractivity contribution in [1.29, 1.82) is 0 Å². The van der Waals surface area contributed by atoms with E-state index in [9.17, 15) is 14.4 Å². The van der Waals surface area contributed by atoms with Gasteiger partial charge in [0.25, 0.3) is 23.1 Å². The lowest BCUT2D eigenvalue weighted by atomic mass is 9.94. The minimum absolute atomic E-state index is 0. The predicted molar refractivity (Wildman–Crippen MR) is 264 cm³/mol. The average molecular weight is 963 g/mol. The van der Waals surface area contributed by atoms with Crippen LogP contribution < -0.4 is 37.9 Å². The SMILES string of the molecule is CCCCCC(=O)N(C)OC.CCCCCC(=O)c1c2c(c(C(=O)CCCCC)c3c1OC1(CCCCC1)O3)OC1(CCCCC1)O2.[2HH].c1c2c(cc3c1OC1(CCCCC1)O3)OC1(CCCCC1)O2. The third-order valence-corrected chi connectivity index (χ3v) is 15.3. The second-order valence-electron chi connectivity index (χ2n) is 20.8. The average Bonchev–Trinajstić information content (AvgIpc) is 4.09. The summed E-state index contributed by atoms with van der Waals surface area (Å²) in [6, 6.07) is 3.94. The molecule has 2 aromatic carbocycles. The number of nitrogens with zero attached hydrogens (tertiary/aromatic N) is 1. The summed E-state index contributed by atoms with van der Waals surface area (Å²) in [6.45, 7) is 6.38. The summed E-state index contributed by atoms with van der Waals surface area (Å²) in [5.41, 5.74) is 0.872. The van der Waals surface area contributed by atoms with Crippen molar-refractivity contribution in [2.24, 2.45) is 0 Å². The van der Waals surface area contributed by atoms with E-state index in [1.54, 1.807) is 7.05 Å². The van der Waals surface area contributed by atoms with Gasteiger partial charge in [0.05, 0.1) is 7.11 Å². The Morgan fingerprint density at radius 2 is 0.725 bits per heavy atom. The molecule has 0 N–H and O–H groups in total. The number of benzene rings is 2. The molecule has 4 heterocycles. The van der Waals surface area contributed by atoms with Crippen molar-refractivity contribution in [1.82, 2.24) is 5.06 Å². The molecule has 1 amide bonds. The summed E-state index contributed by atoms with van der Waals surface area (Å²) < 4.78 is 51.0. The maximum atomic E-state index is 13.7. The van der Waals surface area contributed by atoms with Gasteiger partial charge in [0, 0.05) is 91.2 Å². The summed E-state index contributed by atoms with van der Waals surface area (Å²) in [4.78, 5) is 43.2. The molecule has 4 aliphatic heterocycles. The Kier molecular flexibility index (Phi) is 16.8. The van der Waals surface area contributed by atoms with Crippen molar-refractivity contribution >= 4 is 17.5 Å². The Bertz CT molecular complexity index is 1890. The van der Waals surface area contributed by atoms with E-state index in [1.807, 2.05) is 12.1 Å². The molecular weight excluding hydrogens is 879 g/mol. The first-order valence-corrected chi connectivity index (χ1v) is 27.3. The van der Waals surface area contributed by atoms with Crippen LogP contribution in [-0.4, -0.2) is 59.8 Å². The van der Waals surface area contributed by atoms with Crippen molar-refractivity contribution in [2.45, 2.75) is 249 Å². The molecule has 13 heteroatoms. The molecule has 0 unspecified atom stereocenters. The molecule has 69 heavy (non-hydrogen) atoms. The zero-order chi connectivity index (χ0) is 48.5. The Hall–Kier alpha value is -4.39. The zero-order valence-electron chi connectivity index (χ0n) is 42.6. The molecule has 4 fully saturated rings. The molecule has 0 radical (unpaired) electrons. The minimum Gasteiger partial charge on any atom is -0.448 e. The number of rotatable bonds is 15. The fraction of sp³-hybridized carbons (Fsp3) is 0.732. The van der Waals surface area contributed by atoms with Crippen molar-refractivity contribution in [3.63, 3.8) is 0 Å². The number of fused-ring (bicyclic) bond motifs is 4. The second-order valence-corrected chi connectivity index (χ2v) is 20.8. The molecule has 8 aliphatic rings. The van der Waals surface area contributed by atoms with E-state index in [2.05, 4.69) is 20.8 Å². The van der Waals surface area contributed by atoms with Crippen LogP contribution in [0, 0.1) is 0 Å². The maximum Gasteiger partial charge on any atom is 0.251 e. The highest BCUT2D eigenvalue weighted by Crippen LogP contribution is 2.61. The lowest BCUT2D eigenvalue weighted by Gasteiger charge is -2.32. The van der Waals surface area contributed by atoms with E-state index in [-0.39, 0.29) is 18.9 Å². The van der Waals surface area contributed by atoms with E-state index >= 15 is 0 Å². The van der Waals surface area contributed by atoms with Gasteiger partial charge in [-0.15, -0.1) is 0 Å². The Morgan fingerprint density at radius 3 is 1.00 bits per heavy atom. The van der Waals surface area contributed by atoms with Gasteiger partial charge >= 0.3 is 0 Å². The van der Waals surface area contributed by atoms with E-state index in [4.69, 9.17) is 42.7 Å². The number of hydrogen-bond donors (Lipinski definition) is 0. The molecule has 0 aromatic heterocycles. The number of hydrogen-bond acceptors (Lipinski definition) is 12. The second kappa shape index (κ2) is 22.8. The van der Waals surface area contributed by atoms with Crippen LogP contribution in [0.3, 0.4) is 0 Å². The topological polar surface area (TPSA) is 138 Å². The number of ether oxygens (including phenoxy) is 8. The maximum absolute atomic E-state index is 13.7. The lowest BCUT2D eigenvalue weighted by Crippen LogP contribution is -2.41. The fourth-order valence-electron chi connectivity index (χ4n) is 11.3. The highest BCUT2D eigenvalue weighted by molar-refractivity contribution is 6.10. The highest BCUT2D eigenvalue weighted by Gasteiger charge is 2.53. The molecule has 2 aromatic rings. The van der Waals surface area contributed by atoms with Crippen molar-refractivity contribution in [2.75, 3.05) is 14.2 Å². The van der Waals surface area contributed by atoms with Crippen LogP contribution in [0.15, 0.2) is 12.1 Å². The van der Waals surface area contributed by atoms with Crippen LogP contribution in [0.1, 0.15) is 248 Å². The number of carbonyl (C=O) groups is 3. The molecule has 4 spiro atoms. The molecule has 384 valence electrons. The molecule has 10 rings (SSSR count). The van der Waals surface area contributed by atoms with Crippen LogP contribution in [0.4, 0.5) is 0 Å². The number of Topliss-reactive ketones (excluding diaryl/α,β-unsaturated/α-hetero) is 2. The van der Waals surface area contributed by atoms with E-state index in [0.29, 0.717) is 53.4 Å². The molecule has 0 saturated heterocycles. The summed E-state index contributed by atoms with van der Waals surface area (Å²) in [5, 5.41) is 1.27. The summed E-state index contributed by atoms with van der Waals surface area (Å²) >= 11 is 0. The number of ketones is 2. The van der Waals surface area contributed by atoms with Crippen LogP contribution in [0.2, 0.25) is 0 Å². The van der Waals surface area contributed by atoms with Gasteiger partial charge in [-0.3, -0.25) is 19.2 Å². The van der Waals surface area contributed by atoms with E-state index in [0.717, 1.165) is 171 Å². The number of hydroxylamine groups is 2.